The van der Waals surface area contributed by atoms with Gasteiger partial charge in [-0.3, -0.25) is 9.59 Å². The highest BCUT2D eigenvalue weighted by atomic mass is 35.5. The van der Waals surface area contributed by atoms with E-state index in [1.54, 1.807) is 0 Å². The van der Waals surface area contributed by atoms with Crippen LogP contribution in [-0.2, 0) is 14.3 Å². The number of benzene rings is 1. The number of aromatic carboxylic acids is 1. The van der Waals surface area contributed by atoms with Gasteiger partial charge < -0.3 is 20.5 Å². The molecule has 0 aromatic heterocycles. The van der Waals surface area contributed by atoms with Crippen molar-refractivity contribution in [2.45, 2.75) is 44.1 Å². The largest absolute Gasteiger partial charge is 0.478 e. The van der Waals surface area contributed by atoms with Gasteiger partial charge in [0.05, 0.1) is 11.3 Å². The number of hydrogen-bond acceptors (Lipinski definition) is 4. The fraction of sp³-hybridized carbons (Fsp3) is 0.571. The number of halogens is 1. The molecule has 4 aliphatic rings. The van der Waals surface area contributed by atoms with Crippen molar-refractivity contribution in [1.82, 2.24) is 5.32 Å². The summed E-state index contributed by atoms with van der Waals surface area (Å²) in [4.78, 5) is 35.7. The lowest BCUT2D eigenvalue weighted by Crippen LogP contribution is -2.60. The molecule has 8 heteroatoms. The summed E-state index contributed by atoms with van der Waals surface area (Å²) in [5.41, 5.74) is -0.0594. The second kappa shape index (κ2) is 7.95. The minimum absolute atomic E-state index is 0.0862. The first kappa shape index (κ1) is 20.2. The first-order valence-corrected chi connectivity index (χ1v) is 10.4. The summed E-state index contributed by atoms with van der Waals surface area (Å²) in [6, 6.07) is 4.17. The lowest BCUT2D eigenvalue weighted by atomic mass is 9.53. The molecular formula is C21H25ClN2O5. The molecule has 0 unspecified atom stereocenters. The summed E-state index contributed by atoms with van der Waals surface area (Å²) < 4.78 is 5.27. The highest BCUT2D eigenvalue weighted by molar-refractivity contribution is 6.31. The summed E-state index contributed by atoms with van der Waals surface area (Å²) in [5.74, 6) is 0.275. The summed E-state index contributed by atoms with van der Waals surface area (Å²) in [6.45, 7) is -0.530. The van der Waals surface area contributed by atoms with E-state index in [0.29, 0.717) is 0 Å². The van der Waals surface area contributed by atoms with Gasteiger partial charge in [-0.2, -0.15) is 0 Å². The van der Waals surface area contributed by atoms with Crippen molar-refractivity contribution in [1.29, 1.82) is 0 Å². The Morgan fingerprint density at radius 2 is 1.62 bits per heavy atom. The van der Waals surface area contributed by atoms with Crippen molar-refractivity contribution in [2.75, 3.05) is 18.5 Å². The van der Waals surface area contributed by atoms with Crippen LogP contribution >= 0.6 is 11.6 Å². The van der Waals surface area contributed by atoms with Gasteiger partial charge in [-0.25, -0.2) is 4.79 Å². The Labute approximate surface area is 174 Å². The van der Waals surface area contributed by atoms with Gasteiger partial charge in [-0.15, -0.1) is 0 Å². The van der Waals surface area contributed by atoms with E-state index in [1.807, 2.05) is 0 Å². The summed E-state index contributed by atoms with van der Waals surface area (Å²) in [6.07, 6.45) is 7.07. The van der Waals surface area contributed by atoms with Crippen molar-refractivity contribution in [3.8, 4) is 0 Å². The van der Waals surface area contributed by atoms with Crippen molar-refractivity contribution in [3.63, 3.8) is 0 Å². The molecule has 2 amide bonds. The average Bonchev–Trinajstić information content (AvgIpc) is 2.61. The molecule has 29 heavy (non-hydrogen) atoms. The number of carbonyl (C=O) groups is 3. The minimum atomic E-state index is -1.20. The van der Waals surface area contributed by atoms with E-state index in [1.165, 1.54) is 37.5 Å². The van der Waals surface area contributed by atoms with Crippen LogP contribution in [0.4, 0.5) is 5.69 Å². The van der Waals surface area contributed by atoms with Crippen molar-refractivity contribution in [2.24, 2.45) is 17.8 Å². The Bertz CT molecular complexity index is 805. The van der Waals surface area contributed by atoms with Crippen LogP contribution in [0.15, 0.2) is 18.2 Å². The SMILES string of the molecule is O=C(COCC(=O)NC12CC3CC(CC(C3)C1)C2)Nc1ccc(Cl)cc1C(=O)O. The molecule has 1 aromatic rings. The number of carboxylic acids is 1. The van der Waals surface area contributed by atoms with Gasteiger partial charge in [0.2, 0.25) is 11.8 Å². The maximum Gasteiger partial charge on any atom is 0.337 e. The number of ether oxygens (including phenoxy) is 1. The van der Waals surface area contributed by atoms with Gasteiger partial charge in [0.1, 0.15) is 13.2 Å². The molecule has 4 saturated carbocycles. The van der Waals surface area contributed by atoms with E-state index in [-0.39, 0.29) is 40.9 Å². The maximum atomic E-state index is 12.4. The molecule has 3 N–H and O–H groups in total. The highest BCUT2D eigenvalue weighted by Gasteiger charge is 2.51. The molecule has 7 nitrogen and oxygen atoms in total. The van der Waals surface area contributed by atoms with Crippen molar-refractivity contribution >= 4 is 35.1 Å². The highest BCUT2D eigenvalue weighted by Crippen LogP contribution is 2.55. The molecule has 0 saturated heterocycles. The summed E-state index contributed by atoms with van der Waals surface area (Å²) in [7, 11) is 0. The van der Waals surface area contributed by atoms with Gasteiger partial charge in [0, 0.05) is 10.6 Å². The number of anilines is 1. The summed E-state index contributed by atoms with van der Waals surface area (Å²) >= 11 is 5.80. The molecule has 0 heterocycles. The van der Waals surface area contributed by atoms with Crippen molar-refractivity contribution in [3.05, 3.63) is 28.8 Å². The Balaban J connectivity index is 1.25. The van der Waals surface area contributed by atoms with Gasteiger partial charge in [0.25, 0.3) is 0 Å². The molecule has 156 valence electrons. The van der Waals surface area contributed by atoms with E-state index in [0.717, 1.165) is 37.0 Å². The van der Waals surface area contributed by atoms with E-state index in [4.69, 9.17) is 16.3 Å². The number of rotatable bonds is 7. The molecule has 0 aliphatic heterocycles. The molecule has 4 fully saturated rings. The first-order chi connectivity index (χ1) is 13.8. The maximum absolute atomic E-state index is 12.4. The number of carbonyl (C=O) groups excluding carboxylic acids is 2. The number of amides is 2. The van der Waals surface area contributed by atoms with E-state index in [2.05, 4.69) is 10.6 Å². The van der Waals surface area contributed by atoms with Crippen LogP contribution in [0.3, 0.4) is 0 Å². The molecule has 0 atom stereocenters. The lowest BCUT2D eigenvalue weighted by Gasteiger charge is -2.56. The zero-order valence-electron chi connectivity index (χ0n) is 16.1. The molecule has 4 bridgehead atoms. The summed E-state index contributed by atoms with van der Waals surface area (Å²) in [5, 5.41) is 15.1. The van der Waals surface area contributed by atoms with Crippen LogP contribution in [0.5, 0.6) is 0 Å². The third-order valence-electron chi connectivity index (χ3n) is 6.40. The number of nitrogens with one attached hydrogen (secondary N) is 2. The quantitative estimate of drug-likeness (QED) is 0.628. The number of carboxylic acid groups (broad SMARTS) is 1. The lowest BCUT2D eigenvalue weighted by molar-refractivity contribution is -0.133. The second-order valence-corrected chi connectivity index (χ2v) is 9.22. The zero-order valence-corrected chi connectivity index (χ0v) is 16.8. The molecule has 0 spiro atoms. The predicted molar refractivity (Wildman–Crippen MR) is 107 cm³/mol. The Morgan fingerprint density at radius 1 is 1.03 bits per heavy atom. The molecule has 0 radical (unpaired) electrons. The fourth-order valence-corrected chi connectivity index (χ4v) is 5.99. The average molecular weight is 421 g/mol. The van der Waals surface area contributed by atoms with Crippen LogP contribution in [0.1, 0.15) is 48.9 Å². The Morgan fingerprint density at radius 3 is 2.21 bits per heavy atom. The standard InChI is InChI=1S/C21H25ClN2O5/c22-15-1-2-17(16(6-15)20(27)28)23-18(25)10-29-11-19(26)24-21-7-12-3-13(8-21)5-14(4-12)9-21/h1-2,6,12-14H,3-5,7-11H2,(H,23,25)(H,24,26)(H,27,28). The topological polar surface area (TPSA) is 105 Å². The molecule has 1 aromatic carbocycles. The minimum Gasteiger partial charge on any atom is -0.478 e. The third kappa shape index (κ3) is 4.56. The van der Waals surface area contributed by atoms with Crippen LogP contribution in [0.25, 0.3) is 0 Å². The third-order valence-corrected chi connectivity index (χ3v) is 6.63. The van der Waals surface area contributed by atoms with Gasteiger partial charge >= 0.3 is 5.97 Å². The zero-order chi connectivity index (χ0) is 20.6. The molecule has 4 aliphatic carbocycles. The first-order valence-electron chi connectivity index (χ1n) is 10.0. The fourth-order valence-electron chi connectivity index (χ4n) is 5.82. The monoisotopic (exact) mass is 420 g/mol. The van der Waals surface area contributed by atoms with Gasteiger partial charge in [0.15, 0.2) is 0 Å². The number of hydrogen-bond donors (Lipinski definition) is 3. The van der Waals surface area contributed by atoms with E-state index >= 15 is 0 Å². The van der Waals surface area contributed by atoms with Crippen molar-refractivity contribution < 1.29 is 24.2 Å². The second-order valence-electron chi connectivity index (χ2n) is 8.78. The Hall–Kier alpha value is -2.12. The normalized spacial score (nSPS) is 29.5. The molecular weight excluding hydrogens is 396 g/mol. The van der Waals surface area contributed by atoms with Gasteiger partial charge in [-0.1, -0.05) is 11.6 Å². The Kier molecular flexibility index (Phi) is 5.53. The van der Waals surface area contributed by atoms with Crippen LogP contribution < -0.4 is 10.6 Å². The van der Waals surface area contributed by atoms with Crippen LogP contribution in [-0.4, -0.2) is 41.6 Å². The van der Waals surface area contributed by atoms with Crippen LogP contribution in [0.2, 0.25) is 5.02 Å². The molecule has 5 rings (SSSR count). The van der Waals surface area contributed by atoms with Crippen LogP contribution in [0, 0.1) is 17.8 Å². The predicted octanol–water partition coefficient (Wildman–Crippen LogP) is 3.08. The smallest absolute Gasteiger partial charge is 0.337 e. The van der Waals surface area contributed by atoms with Gasteiger partial charge in [-0.05, 0) is 74.5 Å². The van der Waals surface area contributed by atoms with E-state index in [9.17, 15) is 19.5 Å². The van der Waals surface area contributed by atoms with E-state index < -0.39 is 11.9 Å².